The second kappa shape index (κ2) is 5.55. The quantitative estimate of drug-likeness (QED) is 0.457. The lowest BCUT2D eigenvalue weighted by atomic mass is 9.95. The lowest BCUT2D eigenvalue weighted by Crippen LogP contribution is -2.44. The first-order valence-electron chi connectivity index (χ1n) is 5.59. The molecule has 0 aromatic heterocycles. The van der Waals surface area contributed by atoms with E-state index in [1.165, 1.54) is 0 Å². The van der Waals surface area contributed by atoms with Crippen molar-refractivity contribution >= 4 is 5.69 Å². The Morgan fingerprint density at radius 2 is 1.29 bits per heavy atom. The summed E-state index contributed by atoms with van der Waals surface area (Å²) in [5.41, 5.74) is -1.72. The number of hydrogen-bond acceptors (Lipinski definition) is 2. The molecule has 0 radical (unpaired) electrons. The normalized spacial score (nSPS) is 14.3. The zero-order chi connectivity index (χ0) is 19.3. The molecule has 0 heterocycles. The van der Waals surface area contributed by atoms with E-state index in [4.69, 9.17) is 10.8 Å². The van der Waals surface area contributed by atoms with Crippen molar-refractivity contribution in [3.8, 4) is 5.75 Å². The predicted octanol–water partition coefficient (Wildman–Crippen LogP) is 4.62. The Morgan fingerprint density at radius 3 is 1.67 bits per heavy atom. The van der Waals surface area contributed by atoms with Gasteiger partial charge >= 0.3 is 30.4 Å². The summed E-state index contributed by atoms with van der Waals surface area (Å²) >= 11 is 0. The molecule has 0 spiro atoms. The highest BCUT2D eigenvalue weighted by molar-refractivity contribution is 5.60. The third kappa shape index (κ3) is 2.90. The molecule has 0 saturated heterocycles. The molecule has 3 N–H and O–H groups in total. The van der Waals surface area contributed by atoms with Gasteiger partial charge in [0.2, 0.25) is 0 Å². The van der Waals surface area contributed by atoms with Crippen molar-refractivity contribution < 1.29 is 53.4 Å². The van der Waals surface area contributed by atoms with E-state index in [-0.39, 0.29) is 6.07 Å². The molecule has 0 saturated carbocycles. The fourth-order valence-corrected chi connectivity index (χ4v) is 1.56. The van der Waals surface area contributed by atoms with Crippen LogP contribution in [0.15, 0.2) is 12.1 Å². The van der Waals surface area contributed by atoms with Crippen molar-refractivity contribution in [3.05, 3.63) is 23.3 Å². The minimum atomic E-state index is -6.41. The van der Waals surface area contributed by atoms with E-state index in [1.54, 1.807) is 0 Å². The van der Waals surface area contributed by atoms with Crippen LogP contribution in [-0.4, -0.2) is 23.6 Å². The summed E-state index contributed by atoms with van der Waals surface area (Å²) in [4.78, 5) is 0. The Morgan fingerprint density at radius 1 is 0.833 bits per heavy atom. The second-order valence-corrected chi connectivity index (χ2v) is 4.53. The molecule has 24 heavy (non-hydrogen) atoms. The highest BCUT2D eigenvalue weighted by atomic mass is 19.4. The maximum absolute atomic E-state index is 13.5. The van der Waals surface area contributed by atoms with Crippen LogP contribution in [0.3, 0.4) is 0 Å². The van der Waals surface area contributed by atoms with Gasteiger partial charge in [-0.15, -0.1) is 0 Å². The molecule has 1 aromatic carbocycles. The summed E-state index contributed by atoms with van der Waals surface area (Å²) < 4.78 is 140. The Bertz CT molecular complexity index is 623. The molecule has 0 aliphatic heterocycles. The largest absolute Gasteiger partial charge is 0.505 e. The predicted molar refractivity (Wildman–Crippen MR) is 57.3 cm³/mol. The zero-order valence-corrected chi connectivity index (χ0v) is 10.9. The first kappa shape index (κ1) is 20.1. The van der Waals surface area contributed by atoms with Crippen molar-refractivity contribution in [2.45, 2.75) is 30.4 Å². The van der Waals surface area contributed by atoms with Crippen LogP contribution in [0.2, 0.25) is 0 Å². The summed E-state index contributed by atoms with van der Waals surface area (Å²) in [6, 6.07) is -1.16. The smallest absolute Gasteiger partial charge is 0.458 e. The van der Waals surface area contributed by atoms with E-state index in [1.807, 2.05) is 0 Å². The minimum absolute atomic E-state index is 0.304. The summed E-state index contributed by atoms with van der Waals surface area (Å²) in [7, 11) is 0. The summed E-state index contributed by atoms with van der Waals surface area (Å²) in [5.74, 6) is -19.9. The van der Waals surface area contributed by atoms with Gasteiger partial charge in [-0.05, 0) is 12.1 Å². The Balaban J connectivity index is 3.68. The number of hydrogen-bond donors (Lipinski definition) is 2. The van der Waals surface area contributed by atoms with Crippen LogP contribution in [0, 0.1) is 0 Å². The van der Waals surface area contributed by atoms with Gasteiger partial charge in [-0.25, -0.2) is 8.78 Å². The number of phenolic OH excluding ortho intramolecular Hbond substituents is 1. The van der Waals surface area contributed by atoms with Crippen LogP contribution < -0.4 is 5.73 Å². The average molecular weight is 377 g/mol. The maximum atomic E-state index is 13.5. The molecular weight excluding hydrogens is 371 g/mol. The zero-order valence-electron chi connectivity index (χ0n) is 10.9. The summed E-state index contributed by atoms with van der Waals surface area (Å²) in [6.45, 7) is 0. The van der Waals surface area contributed by atoms with Crippen LogP contribution in [0.5, 0.6) is 5.75 Å². The number of alkyl halides is 11. The van der Waals surface area contributed by atoms with Gasteiger partial charge in [-0.1, -0.05) is 0 Å². The molecule has 2 nitrogen and oxygen atoms in total. The molecule has 0 bridgehead atoms. The number of rotatable bonds is 4. The summed E-state index contributed by atoms with van der Waals surface area (Å²) in [5, 5.41) is 9.11. The molecule has 0 aliphatic carbocycles. The first-order valence-corrected chi connectivity index (χ1v) is 5.59. The SMILES string of the molecule is Nc1cc(C(F)(F)C(F)(F)C(F)F)cc(C(F)(F)C(F)(F)F)c1O. The monoisotopic (exact) mass is 377 g/mol. The van der Waals surface area contributed by atoms with E-state index in [2.05, 4.69) is 0 Å². The van der Waals surface area contributed by atoms with Crippen molar-refractivity contribution in [3.63, 3.8) is 0 Å². The topological polar surface area (TPSA) is 46.2 Å². The first-order chi connectivity index (χ1) is 10.5. The van der Waals surface area contributed by atoms with Gasteiger partial charge in [0.15, 0.2) is 0 Å². The number of phenols is 1. The van der Waals surface area contributed by atoms with Crippen molar-refractivity contribution in [2.75, 3.05) is 5.73 Å². The highest BCUT2D eigenvalue weighted by Crippen LogP contribution is 2.52. The fraction of sp³-hybridized carbons (Fsp3) is 0.455. The van der Waals surface area contributed by atoms with Gasteiger partial charge in [0.25, 0.3) is 0 Å². The van der Waals surface area contributed by atoms with Crippen molar-refractivity contribution in [1.29, 1.82) is 0 Å². The molecule has 0 atom stereocenters. The van der Waals surface area contributed by atoms with Gasteiger partial charge in [0, 0.05) is 5.56 Å². The summed E-state index contributed by atoms with van der Waals surface area (Å²) in [6.07, 6.45) is -11.4. The molecule has 138 valence electrons. The van der Waals surface area contributed by atoms with Gasteiger partial charge in [0.1, 0.15) is 5.75 Å². The molecule has 13 heteroatoms. The molecule has 0 unspecified atom stereocenters. The van der Waals surface area contributed by atoms with E-state index in [9.17, 15) is 48.3 Å². The van der Waals surface area contributed by atoms with E-state index in [0.717, 1.165) is 0 Å². The number of nitrogen functional groups attached to an aromatic ring is 1. The van der Waals surface area contributed by atoms with Gasteiger partial charge < -0.3 is 10.8 Å². The Kier molecular flexibility index (Phi) is 4.65. The average Bonchev–Trinajstić information content (AvgIpc) is 2.39. The molecule has 1 rings (SSSR count). The van der Waals surface area contributed by atoms with E-state index >= 15 is 0 Å². The number of anilines is 1. The lowest BCUT2D eigenvalue weighted by molar-refractivity contribution is -0.290. The van der Waals surface area contributed by atoms with Gasteiger partial charge in [-0.3, -0.25) is 0 Å². The number of benzene rings is 1. The van der Waals surface area contributed by atoms with Gasteiger partial charge in [-0.2, -0.15) is 39.5 Å². The molecular formula is C11H6F11NO. The standard InChI is InChI=1S/C11H6F11NO/c12-7(13)10(18,19)8(14,15)3-1-4(6(24)5(23)2-3)9(16,17)11(20,21)22/h1-2,7,24H,23H2. The highest BCUT2D eigenvalue weighted by Gasteiger charge is 2.65. The fourth-order valence-electron chi connectivity index (χ4n) is 1.56. The van der Waals surface area contributed by atoms with E-state index < -0.39 is 59.0 Å². The van der Waals surface area contributed by atoms with Crippen molar-refractivity contribution in [2.24, 2.45) is 0 Å². The number of nitrogens with two attached hydrogens (primary N) is 1. The lowest BCUT2D eigenvalue weighted by Gasteiger charge is -2.28. The third-order valence-corrected chi connectivity index (χ3v) is 2.89. The maximum Gasteiger partial charge on any atom is 0.458 e. The van der Waals surface area contributed by atoms with Crippen LogP contribution in [-0.2, 0) is 11.8 Å². The Labute approximate surface area is 125 Å². The molecule has 0 amide bonds. The number of aromatic hydroxyl groups is 1. The van der Waals surface area contributed by atoms with Gasteiger partial charge in [0.05, 0.1) is 11.3 Å². The second-order valence-electron chi connectivity index (χ2n) is 4.53. The van der Waals surface area contributed by atoms with Crippen LogP contribution in [0.4, 0.5) is 54.0 Å². The number of halogens is 11. The van der Waals surface area contributed by atoms with Crippen LogP contribution in [0.25, 0.3) is 0 Å². The molecule has 0 fully saturated rings. The van der Waals surface area contributed by atoms with Crippen LogP contribution >= 0.6 is 0 Å². The third-order valence-electron chi connectivity index (χ3n) is 2.89. The molecule has 0 aliphatic rings. The minimum Gasteiger partial charge on any atom is -0.505 e. The van der Waals surface area contributed by atoms with E-state index in [0.29, 0.717) is 0 Å². The Hall–Kier alpha value is -1.95. The molecule has 1 aromatic rings. The van der Waals surface area contributed by atoms with Crippen molar-refractivity contribution in [1.82, 2.24) is 0 Å². The van der Waals surface area contributed by atoms with Crippen LogP contribution in [0.1, 0.15) is 11.1 Å².